The predicted molar refractivity (Wildman–Crippen MR) is 85.7 cm³/mol. The third kappa shape index (κ3) is 5.38. The summed E-state index contributed by atoms with van der Waals surface area (Å²) in [6.07, 6.45) is 0.0512. The molecule has 0 aliphatic heterocycles. The van der Waals surface area contributed by atoms with Crippen molar-refractivity contribution in [3.05, 3.63) is 40.4 Å². The van der Waals surface area contributed by atoms with Gasteiger partial charge in [0.15, 0.2) is 0 Å². The average Bonchev–Trinajstić information content (AvgIpc) is 2.86. The van der Waals surface area contributed by atoms with Crippen LogP contribution in [0.1, 0.15) is 5.69 Å². The first-order valence-corrected chi connectivity index (χ1v) is 9.12. The van der Waals surface area contributed by atoms with Crippen LogP contribution in [0.4, 0.5) is 0 Å². The molecule has 0 aliphatic rings. The SMILES string of the molecule is O=C(Cc1csc(-c2ccc(Cl)cc2)n1)NCCS(=O)(=O)O. The zero-order chi connectivity index (χ0) is 16.2. The molecule has 9 heteroatoms. The van der Waals surface area contributed by atoms with E-state index in [9.17, 15) is 13.2 Å². The minimum atomic E-state index is -4.07. The van der Waals surface area contributed by atoms with Gasteiger partial charge in [-0.3, -0.25) is 9.35 Å². The van der Waals surface area contributed by atoms with Crippen molar-refractivity contribution >= 4 is 39.0 Å². The van der Waals surface area contributed by atoms with Crippen LogP contribution in [-0.2, 0) is 21.3 Å². The van der Waals surface area contributed by atoms with Gasteiger partial charge in [-0.05, 0) is 12.1 Å². The van der Waals surface area contributed by atoms with Crippen molar-refractivity contribution in [2.24, 2.45) is 0 Å². The zero-order valence-corrected chi connectivity index (χ0v) is 13.7. The molecule has 2 rings (SSSR count). The summed E-state index contributed by atoms with van der Waals surface area (Å²) in [4.78, 5) is 16.0. The molecule has 118 valence electrons. The molecule has 0 radical (unpaired) electrons. The highest BCUT2D eigenvalue weighted by molar-refractivity contribution is 7.85. The number of rotatable bonds is 6. The molecule has 2 aromatic rings. The van der Waals surface area contributed by atoms with E-state index in [-0.39, 0.29) is 18.9 Å². The molecule has 0 aliphatic carbocycles. The number of carbonyl (C=O) groups is 1. The number of carbonyl (C=O) groups excluding carboxylic acids is 1. The van der Waals surface area contributed by atoms with Crippen molar-refractivity contribution in [3.8, 4) is 10.6 Å². The lowest BCUT2D eigenvalue weighted by Gasteiger charge is -2.02. The lowest BCUT2D eigenvalue weighted by Crippen LogP contribution is -2.30. The van der Waals surface area contributed by atoms with Crippen LogP contribution in [0.2, 0.25) is 5.02 Å². The number of hydrogen-bond donors (Lipinski definition) is 2. The number of thiazole rings is 1. The Hall–Kier alpha value is -1.48. The Balaban J connectivity index is 1.91. The van der Waals surface area contributed by atoms with Gasteiger partial charge in [0.05, 0.1) is 17.9 Å². The van der Waals surface area contributed by atoms with E-state index in [1.54, 1.807) is 17.5 Å². The summed E-state index contributed by atoms with van der Waals surface area (Å²) in [5.41, 5.74) is 1.51. The van der Waals surface area contributed by atoms with E-state index >= 15 is 0 Å². The Kier molecular flexibility index (Phi) is 5.52. The number of nitrogens with zero attached hydrogens (tertiary/aromatic N) is 1. The molecule has 0 unspecified atom stereocenters. The van der Waals surface area contributed by atoms with Crippen LogP contribution in [0, 0.1) is 0 Å². The number of nitrogens with one attached hydrogen (secondary N) is 1. The van der Waals surface area contributed by atoms with E-state index in [4.69, 9.17) is 16.2 Å². The number of aromatic nitrogens is 1. The Labute approximate surface area is 136 Å². The van der Waals surface area contributed by atoms with E-state index < -0.39 is 15.9 Å². The van der Waals surface area contributed by atoms with E-state index in [2.05, 4.69) is 10.3 Å². The van der Waals surface area contributed by atoms with Crippen LogP contribution in [0.25, 0.3) is 10.6 Å². The lowest BCUT2D eigenvalue weighted by molar-refractivity contribution is -0.120. The minimum absolute atomic E-state index is 0.0512. The Morgan fingerprint density at radius 1 is 1.32 bits per heavy atom. The molecular weight excluding hydrogens is 348 g/mol. The molecule has 2 N–H and O–H groups in total. The Morgan fingerprint density at radius 2 is 2.00 bits per heavy atom. The normalized spacial score (nSPS) is 11.4. The van der Waals surface area contributed by atoms with Gasteiger partial charge in [0, 0.05) is 22.5 Å². The van der Waals surface area contributed by atoms with Crippen LogP contribution in [0.3, 0.4) is 0 Å². The van der Waals surface area contributed by atoms with Crippen molar-refractivity contribution < 1.29 is 17.8 Å². The van der Waals surface area contributed by atoms with Crippen LogP contribution < -0.4 is 5.32 Å². The highest BCUT2D eigenvalue weighted by atomic mass is 35.5. The Morgan fingerprint density at radius 3 is 2.64 bits per heavy atom. The van der Waals surface area contributed by atoms with E-state index in [0.29, 0.717) is 10.7 Å². The van der Waals surface area contributed by atoms with Crippen molar-refractivity contribution in [1.29, 1.82) is 0 Å². The van der Waals surface area contributed by atoms with Gasteiger partial charge in [-0.2, -0.15) is 8.42 Å². The molecule has 0 atom stereocenters. The quantitative estimate of drug-likeness (QED) is 0.768. The van der Waals surface area contributed by atoms with Crippen molar-refractivity contribution in [2.45, 2.75) is 6.42 Å². The highest BCUT2D eigenvalue weighted by Gasteiger charge is 2.10. The van der Waals surface area contributed by atoms with Crippen molar-refractivity contribution in [3.63, 3.8) is 0 Å². The Bertz CT molecular complexity index is 757. The van der Waals surface area contributed by atoms with Crippen LogP contribution >= 0.6 is 22.9 Å². The largest absolute Gasteiger partial charge is 0.355 e. The van der Waals surface area contributed by atoms with Gasteiger partial charge >= 0.3 is 0 Å². The van der Waals surface area contributed by atoms with Gasteiger partial charge in [0.2, 0.25) is 5.91 Å². The highest BCUT2D eigenvalue weighted by Crippen LogP contribution is 2.25. The fraction of sp³-hybridized carbons (Fsp3) is 0.231. The summed E-state index contributed by atoms with van der Waals surface area (Å²) in [6.45, 7) is -0.133. The first-order valence-electron chi connectivity index (χ1n) is 6.26. The maximum atomic E-state index is 11.6. The molecule has 0 bridgehead atoms. The van der Waals surface area contributed by atoms with Gasteiger partial charge in [-0.1, -0.05) is 23.7 Å². The van der Waals surface area contributed by atoms with Gasteiger partial charge in [-0.15, -0.1) is 11.3 Å². The summed E-state index contributed by atoms with van der Waals surface area (Å²) in [7, 11) is -4.07. The summed E-state index contributed by atoms with van der Waals surface area (Å²) in [5.74, 6) is -0.858. The topological polar surface area (TPSA) is 96.4 Å². The molecule has 0 spiro atoms. The van der Waals surface area contributed by atoms with E-state index in [0.717, 1.165) is 10.6 Å². The van der Waals surface area contributed by atoms with Gasteiger partial charge < -0.3 is 5.32 Å². The molecular formula is C13H13ClN2O4S2. The number of halogens is 1. The van der Waals surface area contributed by atoms with Crippen LogP contribution in [0.5, 0.6) is 0 Å². The first kappa shape index (κ1) is 16.9. The van der Waals surface area contributed by atoms with Gasteiger partial charge in [0.25, 0.3) is 10.1 Å². The lowest BCUT2D eigenvalue weighted by atomic mass is 10.2. The molecule has 1 aromatic carbocycles. The maximum Gasteiger partial charge on any atom is 0.266 e. The summed E-state index contributed by atoms with van der Waals surface area (Å²) in [5, 5.41) is 5.60. The predicted octanol–water partition coefficient (Wildman–Crippen LogP) is 2.01. The second kappa shape index (κ2) is 7.19. The fourth-order valence-corrected chi connectivity index (χ4v) is 2.97. The van der Waals surface area contributed by atoms with E-state index in [1.165, 1.54) is 11.3 Å². The second-order valence-electron chi connectivity index (χ2n) is 4.46. The van der Waals surface area contributed by atoms with E-state index in [1.807, 2.05) is 12.1 Å². The van der Waals surface area contributed by atoms with Crippen molar-refractivity contribution in [1.82, 2.24) is 10.3 Å². The summed E-state index contributed by atoms with van der Waals surface area (Å²) < 4.78 is 29.6. The molecule has 0 saturated heterocycles. The number of benzene rings is 1. The maximum absolute atomic E-state index is 11.6. The third-order valence-electron chi connectivity index (χ3n) is 2.67. The standard InChI is InChI=1S/C13H13ClN2O4S2/c14-10-3-1-9(2-4-10)13-16-11(8-21-13)7-12(17)15-5-6-22(18,19)20/h1-4,8H,5-7H2,(H,15,17)(H,18,19,20). The molecule has 0 fully saturated rings. The average molecular weight is 361 g/mol. The zero-order valence-electron chi connectivity index (χ0n) is 11.3. The van der Waals surface area contributed by atoms with Crippen LogP contribution in [-0.4, -0.2) is 36.2 Å². The molecule has 22 heavy (non-hydrogen) atoms. The smallest absolute Gasteiger partial charge is 0.266 e. The monoisotopic (exact) mass is 360 g/mol. The summed E-state index contributed by atoms with van der Waals surface area (Å²) in [6, 6.07) is 7.22. The summed E-state index contributed by atoms with van der Waals surface area (Å²) >= 11 is 7.23. The minimum Gasteiger partial charge on any atom is -0.355 e. The van der Waals surface area contributed by atoms with Crippen LogP contribution in [0.15, 0.2) is 29.6 Å². The fourth-order valence-electron chi connectivity index (χ4n) is 1.66. The second-order valence-corrected chi connectivity index (χ2v) is 7.33. The molecule has 1 amide bonds. The number of amides is 1. The molecule has 1 heterocycles. The van der Waals surface area contributed by atoms with Crippen molar-refractivity contribution in [2.75, 3.05) is 12.3 Å². The van der Waals surface area contributed by atoms with Gasteiger partial charge in [0.1, 0.15) is 5.01 Å². The first-order chi connectivity index (χ1) is 10.3. The number of hydrogen-bond acceptors (Lipinski definition) is 5. The molecule has 0 saturated carbocycles. The molecule has 1 aromatic heterocycles. The third-order valence-corrected chi connectivity index (χ3v) is 4.58. The van der Waals surface area contributed by atoms with Gasteiger partial charge in [-0.25, -0.2) is 4.98 Å². The molecule has 6 nitrogen and oxygen atoms in total.